The second kappa shape index (κ2) is 6.19. The fourth-order valence-electron chi connectivity index (χ4n) is 3.90. The Morgan fingerprint density at radius 2 is 1.92 bits per heavy atom. The van der Waals surface area contributed by atoms with Crippen molar-refractivity contribution in [2.75, 3.05) is 17.7 Å². The topological polar surface area (TPSA) is 50.4 Å². The molecule has 4 rings (SSSR count). The minimum Gasteiger partial charge on any atom is -0.497 e. The van der Waals surface area contributed by atoms with Crippen LogP contribution in [0, 0.1) is 0 Å². The van der Waals surface area contributed by atoms with Crippen molar-refractivity contribution < 1.29 is 9.53 Å². The molecular weight excluding hydrogens is 300 g/mol. The van der Waals surface area contributed by atoms with E-state index in [4.69, 9.17) is 4.74 Å². The summed E-state index contributed by atoms with van der Waals surface area (Å²) < 4.78 is 5.12. The molecule has 1 amide bonds. The highest BCUT2D eigenvalue weighted by molar-refractivity contribution is 6.04. The van der Waals surface area contributed by atoms with Crippen LogP contribution in [0.25, 0.3) is 0 Å². The summed E-state index contributed by atoms with van der Waals surface area (Å²) in [7, 11) is 1.62. The number of hydrogen-bond acceptors (Lipinski definition) is 3. The molecule has 1 fully saturated rings. The summed E-state index contributed by atoms with van der Waals surface area (Å²) in [4.78, 5) is 12.4. The van der Waals surface area contributed by atoms with Crippen LogP contribution in [0.15, 0.2) is 42.5 Å². The van der Waals surface area contributed by atoms with E-state index in [1.807, 2.05) is 6.07 Å². The zero-order valence-corrected chi connectivity index (χ0v) is 13.8. The van der Waals surface area contributed by atoms with Crippen LogP contribution in [0.5, 0.6) is 5.75 Å². The Labute approximate surface area is 142 Å². The third-order valence-electron chi connectivity index (χ3n) is 5.17. The summed E-state index contributed by atoms with van der Waals surface area (Å²) in [6, 6.07) is 14.0. The average molecular weight is 322 g/mol. The van der Waals surface area contributed by atoms with Crippen molar-refractivity contribution in [3.05, 3.63) is 53.6 Å². The Morgan fingerprint density at radius 1 is 1.12 bits per heavy atom. The molecule has 0 aromatic heterocycles. The summed E-state index contributed by atoms with van der Waals surface area (Å²) >= 11 is 0. The minimum absolute atomic E-state index is 0.104. The molecule has 24 heavy (non-hydrogen) atoms. The number of fused-ring (bicyclic) bond motifs is 3. The number of methoxy groups -OCH3 is 1. The molecule has 1 aliphatic heterocycles. The van der Waals surface area contributed by atoms with E-state index in [1.54, 1.807) is 31.4 Å². The minimum atomic E-state index is -0.104. The van der Waals surface area contributed by atoms with Crippen LogP contribution in [-0.4, -0.2) is 19.1 Å². The highest BCUT2D eigenvalue weighted by atomic mass is 16.5. The third kappa shape index (κ3) is 2.73. The van der Waals surface area contributed by atoms with E-state index in [9.17, 15) is 4.79 Å². The Hall–Kier alpha value is -2.49. The second-order valence-corrected chi connectivity index (χ2v) is 6.63. The van der Waals surface area contributed by atoms with Crippen LogP contribution in [0.2, 0.25) is 0 Å². The van der Waals surface area contributed by atoms with E-state index in [1.165, 1.54) is 36.9 Å². The van der Waals surface area contributed by atoms with E-state index in [-0.39, 0.29) is 5.91 Å². The van der Waals surface area contributed by atoms with Gasteiger partial charge < -0.3 is 15.4 Å². The van der Waals surface area contributed by atoms with Gasteiger partial charge in [0, 0.05) is 28.9 Å². The van der Waals surface area contributed by atoms with Gasteiger partial charge in [-0.2, -0.15) is 0 Å². The smallest absolute Gasteiger partial charge is 0.255 e. The molecule has 2 aliphatic rings. The van der Waals surface area contributed by atoms with E-state index >= 15 is 0 Å². The molecule has 2 N–H and O–H groups in total. The van der Waals surface area contributed by atoms with E-state index in [0.29, 0.717) is 17.5 Å². The molecular formula is C20H22N2O2. The number of nitrogens with one attached hydrogen (secondary N) is 2. The van der Waals surface area contributed by atoms with Gasteiger partial charge >= 0.3 is 0 Å². The fraction of sp³-hybridized carbons (Fsp3) is 0.350. The highest BCUT2D eigenvalue weighted by Gasteiger charge is 2.33. The summed E-state index contributed by atoms with van der Waals surface area (Å²) in [5.41, 5.74) is 4.04. The molecule has 0 radical (unpaired) electrons. The number of carbonyl (C=O) groups is 1. The monoisotopic (exact) mass is 322 g/mol. The van der Waals surface area contributed by atoms with Crippen molar-refractivity contribution in [3.63, 3.8) is 0 Å². The SMILES string of the molecule is COc1ccc(C(=O)Nc2ccc3c(c2)N[C@H]2CCCC[C@@H]32)cc1. The molecule has 1 heterocycles. The zero-order chi connectivity index (χ0) is 16.5. The van der Waals surface area contributed by atoms with Gasteiger partial charge in [0.1, 0.15) is 5.75 Å². The number of rotatable bonds is 3. The summed E-state index contributed by atoms with van der Waals surface area (Å²) in [6.45, 7) is 0. The second-order valence-electron chi connectivity index (χ2n) is 6.63. The molecule has 0 saturated heterocycles. The summed E-state index contributed by atoms with van der Waals surface area (Å²) in [5.74, 6) is 1.28. The predicted molar refractivity (Wildman–Crippen MR) is 96.0 cm³/mol. The normalized spacial score (nSPS) is 21.4. The Morgan fingerprint density at radius 3 is 2.71 bits per heavy atom. The van der Waals surface area contributed by atoms with Gasteiger partial charge in [0.05, 0.1) is 7.11 Å². The fourth-order valence-corrected chi connectivity index (χ4v) is 3.90. The van der Waals surface area contributed by atoms with Crippen molar-refractivity contribution in [2.24, 2.45) is 0 Å². The number of benzene rings is 2. The highest BCUT2D eigenvalue weighted by Crippen LogP contribution is 2.44. The van der Waals surface area contributed by atoms with Crippen LogP contribution in [-0.2, 0) is 0 Å². The van der Waals surface area contributed by atoms with Gasteiger partial charge in [-0.15, -0.1) is 0 Å². The first-order chi connectivity index (χ1) is 11.7. The lowest BCUT2D eigenvalue weighted by atomic mass is 9.83. The standard InChI is InChI=1S/C20H22N2O2/c1-24-15-9-6-13(7-10-15)20(23)21-14-8-11-17-16-4-2-3-5-18(16)22-19(17)12-14/h6-12,16,18,22H,2-5H2,1H3,(H,21,23)/t16-,18-/m0/s1. The van der Waals surface area contributed by atoms with Crippen LogP contribution in [0.3, 0.4) is 0 Å². The molecule has 0 bridgehead atoms. The van der Waals surface area contributed by atoms with Gasteiger partial charge in [-0.3, -0.25) is 4.79 Å². The van der Waals surface area contributed by atoms with Crippen LogP contribution in [0.4, 0.5) is 11.4 Å². The van der Waals surface area contributed by atoms with Gasteiger partial charge in [0.25, 0.3) is 5.91 Å². The third-order valence-corrected chi connectivity index (χ3v) is 5.17. The number of ether oxygens (including phenoxy) is 1. The maximum atomic E-state index is 12.4. The van der Waals surface area contributed by atoms with Crippen molar-refractivity contribution in [2.45, 2.75) is 37.6 Å². The van der Waals surface area contributed by atoms with Crippen molar-refractivity contribution >= 4 is 17.3 Å². The molecule has 4 nitrogen and oxygen atoms in total. The first-order valence-corrected chi connectivity index (χ1v) is 8.60. The first kappa shape index (κ1) is 15.1. The molecule has 2 aromatic rings. The maximum Gasteiger partial charge on any atom is 0.255 e. The molecule has 0 spiro atoms. The van der Waals surface area contributed by atoms with Gasteiger partial charge in [-0.05, 0) is 54.8 Å². The van der Waals surface area contributed by atoms with E-state index < -0.39 is 0 Å². The molecule has 1 aliphatic carbocycles. The van der Waals surface area contributed by atoms with Crippen LogP contribution < -0.4 is 15.4 Å². The molecule has 1 saturated carbocycles. The summed E-state index contributed by atoms with van der Waals surface area (Å²) in [6.07, 6.45) is 5.14. The van der Waals surface area contributed by atoms with Crippen molar-refractivity contribution in [1.29, 1.82) is 0 Å². The van der Waals surface area contributed by atoms with Crippen LogP contribution >= 0.6 is 0 Å². The van der Waals surface area contributed by atoms with Gasteiger partial charge in [0.2, 0.25) is 0 Å². The Balaban J connectivity index is 1.50. The zero-order valence-electron chi connectivity index (χ0n) is 13.8. The summed E-state index contributed by atoms with van der Waals surface area (Å²) in [5, 5.41) is 6.62. The molecule has 2 aromatic carbocycles. The Kier molecular flexibility index (Phi) is 3.89. The first-order valence-electron chi connectivity index (χ1n) is 8.60. The Bertz CT molecular complexity index is 755. The van der Waals surface area contributed by atoms with Gasteiger partial charge in [-0.25, -0.2) is 0 Å². The predicted octanol–water partition coefficient (Wildman–Crippen LogP) is 4.40. The lowest BCUT2D eigenvalue weighted by molar-refractivity contribution is 0.102. The van der Waals surface area contributed by atoms with Gasteiger partial charge in [0.15, 0.2) is 0 Å². The van der Waals surface area contributed by atoms with E-state index in [2.05, 4.69) is 22.8 Å². The molecule has 124 valence electrons. The van der Waals surface area contributed by atoms with Crippen LogP contribution in [0.1, 0.15) is 47.5 Å². The molecule has 4 heteroatoms. The number of hydrogen-bond donors (Lipinski definition) is 2. The lowest BCUT2D eigenvalue weighted by Crippen LogP contribution is -2.23. The van der Waals surface area contributed by atoms with E-state index in [0.717, 1.165) is 11.4 Å². The van der Waals surface area contributed by atoms with Crippen molar-refractivity contribution in [3.8, 4) is 5.75 Å². The van der Waals surface area contributed by atoms with Crippen molar-refractivity contribution in [1.82, 2.24) is 0 Å². The lowest BCUT2D eigenvalue weighted by Gasteiger charge is -2.25. The molecule has 2 atom stereocenters. The largest absolute Gasteiger partial charge is 0.497 e. The quantitative estimate of drug-likeness (QED) is 0.880. The number of amides is 1. The number of anilines is 2. The average Bonchev–Trinajstić information content (AvgIpc) is 2.99. The molecule has 0 unspecified atom stereocenters. The maximum absolute atomic E-state index is 12.4. The van der Waals surface area contributed by atoms with Gasteiger partial charge in [-0.1, -0.05) is 18.9 Å². The number of carbonyl (C=O) groups excluding carboxylic acids is 1.